The summed E-state index contributed by atoms with van der Waals surface area (Å²) in [7, 11) is 0. The summed E-state index contributed by atoms with van der Waals surface area (Å²) < 4.78 is 0. The SMILES string of the molecule is C[C@H]1C/C(=N/NC(=O)c2cc3ccccc3cc2O)CC(C)(C)C1. The first-order chi connectivity index (χ1) is 11.3. The number of hydrogen-bond donors (Lipinski definition) is 2. The molecular weight excluding hydrogens is 300 g/mol. The van der Waals surface area contributed by atoms with E-state index in [1.165, 1.54) is 6.42 Å². The lowest BCUT2D eigenvalue weighted by atomic mass is 9.72. The van der Waals surface area contributed by atoms with Gasteiger partial charge in [-0.15, -0.1) is 0 Å². The minimum atomic E-state index is -0.373. The van der Waals surface area contributed by atoms with E-state index in [2.05, 4.69) is 31.3 Å². The minimum absolute atomic E-state index is 0.0243. The van der Waals surface area contributed by atoms with E-state index in [9.17, 15) is 9.90 Å². The van der Waals surface area contributed by atoms with Crippen LogP contribution in [0.2, 0.25) is 0 Å². The Hall–Kier alpha value is -2.36. The summed E-state index contributed by atoms with van der Waals surface area (Å²) >= 11 is 0. The highest BCUT2D eigenvalue weighted by molar-refractivity contribution is 6.02. The van der Waals surface area contributed by atoms with Crippen molar-refractivity contribution >= 4 is 22.4 Å². The van der Waals surface area contributed by atoms with Crippen molar-refractivity contribution in [3.8, 4) is 5.75 Å². The molecule has 4 heteroatoms. The number of benzene rings is 2. The third kappa shape index (κ3) is 3.58. The molecule has 0 saturated heterocycles. The van der Waals surface area contributed by atoms with E-state index >= 15 is 0 Å². The van der Waals surface area contributed by atoms with Crippen LogP contribution in [0.25, 0.3) is 10.8 Å². The second-order valence-corrected chi connectivity index (χ2v) is 7.69. The molecule has 1 aliphatic rings. The van der Waals surface area contributed by atoms with E-state index in [4.69, 9.17) is 0 Å². The largest absolute Gasteiger partial charge is 0.507 e. The fourth-order valence-electron chi connectivity index (χ4n) is 3.80. The molecule has 1 fully saturated rings. The molecule has 0 aliphatic heterocycles. The van der Waals surface area contributed by atoms with Gasteiger partial charge in [0.15, 0.2) is 0 Å². The third-order valence-electron chi connectivity index (χ3n) is 4.59. The summed E-state index contributed by atoms with van der Waals surface area (Å²) in [5, 5.41) is 16.3. The van der Waals surface area contributed by atoms with Crippen LogP contribution in [0.15, 0.2) is 41.5 Å². The molecule has 0 bridgehead atoms. The highest BCUT2D eigenvalue weighted by Gasteiger charge is 2.29. The number of hydrazone groups is 1. The number of carbonyl (C=O) groups is 1. The molecule has 2 aromatic rings. The van der Waals surface area contributed by atoms with Gasteiger partial charge in [0.2, 0.25) is 0 Å². The number of nitrogens with one attached hydrogen (secondary N) is 1. The molecule has 0 spiro atoms. The Morgan fingerprint density at radius 2 is 1.92 bits per heavy atom. The maximum absolute atomic E-state index is 12.4. The number of amides is 1. The van der Waals surface area contributed by atoms with Gasteiger partial charge < -0.3 is 5.11 Å². The number of aromatic hydroxyl groups is 1. The molecule has 2 N–H and O–H groups in total. The lowest BCUT2D eigenvalue weighted by Crippen LogP contribution is -2.30. The number of hydrogen-bond acceptors (Lipinski definition) is 3. The predicted octanol–water partition coefficient (Wildman–Crippen LogP) is 4.48. The molecule has 0 radical (unpaired) electrons. The molecule has 0 aromatic heterocycles. The summed E-state index contributed by atoms with van der Waals surface area (Å²) in [5.41, 5.74) is 4.11. The van der Waals surface area contributed by atoms with Crippen molar-refractivity contribution < 1.29 is 9.90 Å². The van der Waals surface area contributed by atoms with Crippen LogP contribution in [0.1, 0.15) is 50.4 Å². The van der Waals surface area contributed by atoms with Crippen LogP contribution < -0.4 is 5.43 Å². The molecule has 3 rings (SSSR count). The van der Waals surface area contributed by atoms with Crippen LogP contribution in [0.5, 0.6) is 5.75 Å². The van der Waals surface area contributed by atoms with Gasteiger partial charge in [0.25, 0.3) is 5.91 Å². The number of nitrogens with zero attached hydrogens (tertiary/aromatic N) is 1. The normalized spacial score (nSPS) is 21.8. The first kappa shape index (κ1) is 16.5. The molecular formula is C20H24N2O2. The Kier molecular flexibility index (Phi) is 4.31. The van der Waals surface area contributed by atoms with Gasteiger partial charge in [-0.2, -0.15) is 5.10 Å². The Balaban J connectivity index is 1.80. The van der Waals surface area contributed by atoms with Crippen molar-refractivity contribution in [1.29, 1.82) is 0 Å². The molecule has 126 valence electrons. The average Bonchev–Trinajstić information content (AvgIpc) is 2.50. The number of phenols is 1. The molecule has 0 heterocycles. The second kappa shape index (κ2) is 6.27. The van der Waals surface area contributed by atoms with E-state index < -0.39 is 0 Å². The fraction of sp³-hybridized carbons (Fsp3) is 0.400. The van der Waals surface area contributed by atoms with E-state index in [1.54, 1.807) is 12.1 Å². The molecule has 1 aliphatic carbocycles. The van der Waals surface area contributed by atoms with Crippen LogP contribution in [0, 0.1) is 11.3 Å². The Morgan fingerprint density at radius 3 is 2.58 bits per heavy atom. The Labute approximate surface area is 142 Å². The van der Waals surface area contributed by atoms with Crippen LogP contribution in [0.3, 0.4) is 0 Å². The number of phenolic OH excluding ortho intramolecular Hbond substituents is 1. The summed E-state index contributed by atoms with van der Waals surface area (Å²) in [6.07, 6.45) is 2.97. The zero-order chi connectivity index (χ0) is 17.3. The number of carbonyl (C=O) groups excluding carboxylic acids is 1. The van der Waals surface area contributed by atoms with Gasteiger partial charge >= 0.3 is 0 Å². The second-order valence-electron chi connectivity index (χ2n) is 7.69. The van der Waals surface area contributed by atoms with Crippen LogP contribution in [-0.4, -0.2) is 16.7 Å². The highest BCUT2D eigenvalue weighted by atomic mass is 16.3. The van der Waals surface area contributed by atoms with Crippen LogP contribution >= 0.6 is 0 Å². The summed E-state index contributed by atoms with van der Waals surface area (Å²) in [5.74, 6) is 0.170. The van der Waals surface area contributed by atoms with Crippen molar-refractivity contribution in [2.24, 2.45) is 16.4 Å². The number of rotatable bonds is 2. The van der Waals surface area contributed by atoms with Gasteiger partial charge in [0, 0.05) is 5.71 Å². The summed E-state index contributed by atoms with van der Waals surface area (Å²) in [4.78, 5) is 12.4. The number of fused-ring (bicyclic) bond motifs is 1. The maximum atomic E-state index is 12.4. The molecule has 0 unspecified atom stereocenters. The van der Waals surface area contributed by atoms with Crippen molar-refractivity contribution in [3.05, 3.63) is 42.0 Å². The highest BCUT2D eigenvalue weighted by Crippen LogP contribution is 2.36. The Bertz CT molecular complexity index is 808. The lowest BCUT2D eigenvalue weighted by Gasteiger charge is -2.34. The fourth-order valence-corrected chi connectivity index (χ4v) is 3.80. The van der Waals surface area contributed by atoms with E-state index in [1.807, 2.05) is 24.3 Å². The van der Waals surface area contributed by atoms with Crippen molar-refractivity contribution in [3.63, 3.8) is 0 Å². The quantitative estimate of drug-likeness (QED) is 0.800. The zero-order valence-corrected chi connectivity index (χ0v) is 14.5. The molecule has 1 amide bonds. The van der Waals surface area contributed by atoms with Crippen molar-refractivity contribution in [2.75, 3.05) is 0 Å². The van der Waals surface area contributed by atoms with Crippen molar-refractivity contribution in [1.82, 2.24) is 5.43 Å². The first-order valence-corrected chi connectivity index (χ1v) is 8.42. The topological polar surface area (TPSA) is 61.7 Å². The zero-order valence-electron chi connectivity index (χ0n) is 14.5. The minimum Gasteiger partial charge on any atom is -0.507 e. The Morgan fingerprint density at radius 1 is 1.25 bits per heavy atom. The molecule has 1 saturated carbocycles. The predicted molar refractivity (Wildman–Crippen MR) is 97.3 cm³/mol. The molecule has 2 aromatic carbocycles. The molecule has 24 heavy (non-hydrogen) atoms. The molecule has 1 atom stereocenters. The summed E-state index contributed by atoms with van der Waals surface area (Å²) in [6.45, 7) is 6.68. The van der Waals surface area contributed by atoms with Gasteiger partial charge in [0.05, 0.1) is 5.56 Å². The van der Waals surface area contributed by atoms with Gasteiger partial charge in [-0.1, -0.05) is 45.0 Å². The third-order valence-corrected chi connectivity index (χ3v) is 4.59. The lowest BCUT2D eigenvalue weighted by molar-refractivity contribution is 0.0951. The van der Waals surface area contributed by atoms with Gasteiger partial charge in [0.1, 0.15) is 5.75 Å². The first-order valence-electron chi connectivity index (χ1n) is 8.42. The van der Waals surface area contributed by atoms with Crippen LogP contribution in [0.4, 0.5) is 0 Å². The summed E-state index contributed by atoms with van der Waals surface area (Å²) in [6, 6.07) is 11.0. The van der Waals surface area contributed by atoms with E-state index in [-0.39, 0.29) is 22.6 Å². The molecule has 4 nitrogen and oxygen atoms in total. The standard InChI is InChI=1S/C20H24N2O2/c1-13-8-16(12-20(2,3)11-13)21-22-19(24)17-9-14-6-4-5-7-15(14)10-18(17)23/h4-7,9-10,13,23H,8,11-12H2,1-3H3,(H,22,24)/b21-16-/t13-/m0/s1. The monoisotopic (exact) mass is 324 g/mol. The average molecular weight is 324 g/mol. The van der Waals surface area contributed by atoms with Gasteiger partial charge in [-0.25, -0.2) is 5.43 Å². The van der Waals surface area contributed by atoms with Gasteiger partial charge in [-0.05, 0) is 53.5 Å². The smallest absolute Gasteiger partial charge is 0.275 e. The van der Waals surface area contributed by atoms with E-state index in [0.29, 0.717) is 5.92 Å². The maximum Gasteiger partial charge on any atom is 0.275 e. The van der Waals surface area contributed by atoms with Gasteiger partial charge in [-0.3, -0.25) is 4.79 Å². The van der Waals surface area contributed by atoms with Crippen molar-refractivity contribution in [2.45, 2.75) is 40.0 Å². The van der Waals surface area contributed by atoms with Crippen LogP contribution in [-0.2, 0) is 0 Å². The van der Waals surface area contributed by atoms with E-state index in [0.717, 1.165) is 29.3 Å².